The monoisotopic (exact) mass is 473 g/mol. The van der Waals surface area contributed by atoms with Crippen molar-refractivity contribution in [1.29, 1.82) is 0 Å². The number of fused-ring (bicyclic) bond motifs is 1. The van der Waals surface area contributed by atoms with E-state index in [1.807, 2.05) is 6.07 Å². The largest absolute Gasteiger partial charge is 0.367 e. The van der Waals surface area contributed by atoms with Gasteiger partial charge in [0.15, 0.2) is 0 Å². The topological polar surface area (TPSA) is 105 Å². The van der Waals surface area contributed by atoms with Crippen molar-refractivity contribution in [2.45, 2.75) is 11.6 Å². The Morgan fingerprint density at radius 2 is 1.88 bits per heavy atom. The number of benzene rings is 1. The molecule has 0 unspecified atom stereocenters. The van der Waals surface area contributed by atoms with E-state index in [0.717, 1.165) is 11.1 Å². The summed E-state index contributed by atoms with van der Waals surface area (Å²) in [7, 11) is -2.20. The average Bonchev–Trinajstić information content (AvgIpc) is 3.48. The van der Waals surface area contributed by atoms with Gasteiger partial charge in [0.05, 0.1) is 11.4 Å². The van der Waals surface area contributed by atoms with E-state index in [1.165, 1.54) is 27.4 Å². The molecule has 2 aliphatic rings. The highest BCUT2D eigenvalue weighted by atomic mass is 32.2. The number of sulfonamides is 1. The number of nitrogens with zero attached hydrogens (tertiary/aromatic N) is 7. The van der Waals surface area contributed by atoms with E-state index in [9.17, 15) is 17.6 Å². The van der Waals surface area contributed by atoms with Crippen molar-refractivity contribution in [3.63, 3.8) is 0 Å². The van der Waals surface area contributed by atoms with Crippen molar-refractivity contribution in [1.82, 2.24) is 29.0 Å². The van der Waals surface area contributed by atoms with Gasteiger partial charge in [0.1, 0.15) is 12.1 Å². The number of aryl methyl sites for hydroxylation is 1. The fourth-order valence-electron chi connectivity index (χ4n) is 4.51. The number of carbonyl (C=O) groups is 1. The quantitative estimate of drug-likeness (QED) is 0.554. The molecule has 2 saturated heterocycles. The van der Waals surface area contributed by atoms with E-state index in [-0.39, 0.29) is 35.9 Å². The van der Waals surface area contributed by atoms with E-state index in [2.05, 4.69) is 20.0 Å². The van der Waals surface area contributed by atoms with Crippen LogP contribution >= 0.6 is 0 Å². The van der Waals surface area contributed by atoms with Crippen LogP contribution in [0.2, 0.25) is 0 Å². The first kappa shape index (κ1) is 21.7. The molecule has 174 valence electrons. The Hall–Kier alpha value is -3.12. The number of pyridine rings is 1. The van der Waals surface area contributed by atoms with Gasteiger partial charge in [-0.05, 0) is 24.6 Å². The first-order chi connectivity index (χ1) is 15.8. The molecule has 0 N–H and O–H groups in total. The van der Waals surface area contributed by atoms with Gasteiger partial charge in [-0.15, -0.1) is 5.10 Å². The molecule has 0 saturated carbocycles. The smallest absolute Gasteiger partial charge is 0.282 e. The third kappa shape index (κ3) is 4.04. The molecule has 2 aliphatic heterocycles. The summed E-state index contributed by atoms with van der Waals surface area (Å²) in [4.78, 5) is 25.2. The van der Waals surface area contributed by atoms with Gasteiger partial charge in [-0.25, -0.2) is 17.8 Å². The zero-order valence-corrected chi connectivity index (χ0v) is 18.9. The molecule has 1 aromatic carbocycles. The van der Waals surface area contributed by atoms with Crippen molar-refractivity contribution in [2.24, 2.45) is 13.0 Å². The fourth-order valence-corrected chi connectivity index (χ4v) is 5.87. The summed E-state index contributed by atoms with van der Waals surface area (Å²) in [5, 5.41) is 4.53. The molecule has 1 amide bonds. The zero-order valence-electron chi connectivity index (χ0n) is 18.1. The van der Waals surface area contributed by atoms with Crippen LogP contribution in [-0.4, -0.2) is 82.5 Å². The molecular formula is C21H24FN7O3S. The molecule has 2 aromatic heterocycles. The highest BCUT2D eigenvalue weighted by Crippen LogP contribution is 2.28. The molecule has 33 heavy (non-hydrogen) atoms. The van der Waals surface area contributed by atoms with Crippen LogP contribution in [0, 0.1) is 11.7 Å². The first-order valence-corrected chi connectivity index (χ1v) is 12.2. The average molecular weight is 474 g/mol. The van der Waals surface area contributed by atoms with Crippen LogP contribution in [0.1, 0.15) is 6.42 Å². The number of piperazine rings is 1. The lowest BCUT2D eigenvalue weighted by Crippen LogP contribution is -2.50. The van der Waals surface area contributed by atoms with Gasteiger partial charge in [-0.3, -0.25) is 14.5 Å². The van der Waals surface area contributed by atoms with Gasteiger partial charge in [-0.1, -0.05) is 0 Å². The number of hydrogen-bond acceptors (Lipinski definition) is 7. The molecule has 4 heterocycles. The molecule has 1 atom stereocenters. The van der Waals surface area contributed by atoms with Crippen molar-refractivity contribution in [3.05, 3.63) is 42.6 Å². The summed E-state index contributed by atoms with van der Waals surface area (Å²) in [6, 6.07) is 6.48. The molecule has 0 spiro atoms. The second-order valence-electron chi connectivity index (χ2n) is 8.35. The van der Waals surface area contributed by atoms with Gasteiger partial charge >= 0.3 is 0 Å². The van der Waals surface area contributed by atoms with Gasteiger partial charge < -0.3 is 9.80 Å². The molecule has 10 nitrogen and oxygen atoms in total. The van der Waals surface area contributed by atoms with Crippen LogP contribution in [-0.2, 0) is 21.9 Å². The Balaban J connectivity index is 1.23. The maximum Gasteiger partial charge on any atom is 0.282 e. The molecule has 3 aromatic rings. The lowest BCUT2D eigenvalue weighted by Gasteiger charge is -2.37. The van der Waals surface area contributed by atoms with Crippen molar-refractivity contribution < 1.29 is 17.6 Å². The normalized spacial score (nSPS) is 20.0. The third-order valence-electron chi connectivity index (χ3n) is 6.26. The van der Waals surface area contributed by atoms with Crippen LogP contribution in [0.15, 0.2) is 41.9 Å². The van der Waals surface area contributed by atoms with E-state index in [1.54, 1.807) is 24.2 Å². The summed E-state index contributed by atoms with van der Waals surface area (Å²) in [6.45, 7) is 2.75. The van der Waals surface area contributed by atoms with Gasteiger partial charge in [0, 0.05) is 69.7 Å². The molecule has 12 heteroatoms. The maximum atomic E-state index is 13.6. The summed E-state index contributed by atoms with van der Waals surface area (Å²) in [6.07, 6.45) is 3.48. The van der Waals surface area contributed by atoms with Crippen molar-refractivity contribution in [2.75, 3.05) is 44.2 Å². The number of amides is 1. The van der Waals surface area contributed by atoms with Gasteiger partial charge in [0.25, 0.3) is 15.2 Å². The number of aromatic nitrogens is 4. The summed E-state index contributed by atoms with van der Waals surface area (Å²) in [5.41, 5.74) is 1.56. The summed E-state index contributed by atoms with van der Waals surface area (Å²) in [5.74, 6) is -0.725. The summed E-state index contributed by atoms with van der Waals surface area (Å²) >= 11 is 0. The van der Waals surface area contributed by atoms with Crippen LogP contribution < -0.4 is 4.90 Å². The number of rotatable bonds is 4. The van der Waals surface area contributed by atoms with Crippen LogP contribution in [0.5, 0.6) is 0 Å². The van der Waals surface area contributed by atoms with Crippen LogP contribution in [0.4, 0.5) is 10.1 Å². The minimum atomic E-state index is -3.81. The number of hydrogen-bond donors (Lipinski definition) is 0. The zero-order chi connectivity index (χ0) is 23.2. The first-order valence-electron chi connectivity index (χ1n) is 10.8. The molecule has 5 rings (SSSR count). The molecule has 0 radical (unpaired) electrons. The number of anilines is 1. The molecule has 0 bridgehead atoms. The SMILES string of the molecule is Cn1cnc(S(=O)(=O)N2CC[C@H](C(=O)N3CCN(c4ccnc5cc(F)ccc45)CC3)C2)n1. The maximum absolute atomic E-state index is 13.6. The highest BCUT2D eigenvalue weighted by molar-refractivity contribution is 7.89. The standard InChI is InChI=1S/C21H24FN7O3S/c1-26-14-24-21(25-26)33(31,32)29-7-5-15(13-29)20(30)28-10-8-27(9-11-28)19-4-6-23-18-12-16(22)2-3-17(18)19/h2-4,6,12,14-15H,5,7-11,13H2,1H3/t15-/m0/s1. The molecule has 0 aliphatic carbocycles. The Bertz CT molecular complexity index is 1300. The Kier molecular flexibility index (Phi) is 5.49. The Labute approximate surface area is 190 Å². The predicted octanol–water partition coefficient (Wildman–Crippen LogP) is 0.862. The van der Waals surface area contributed by atoms with Crippen LogP contribution in [0.25, 0.3) is 10.9 Å². The van der Waals surface area contributed by atoms with Crippen molar-refractivity contribution in [3.8, 4) is 0 Å². The molecular weight excluding hydrogens is 449 g/mol. The number of carbonyl (C=O) groups excluding carboxylic acids is 1. The second kappa shape index (κ2) is 8.34. The van der Waals surface area contributed by atoms with E-state index >= 15 is 0 Å². The lowest BCUT2D eigenvalue weighted by atomic mass is 10.1. The molecule has 2 fully saturated rings. The highest BCUT2D eigenvalue weighted by Gasteiger charge is 2.39. The Morgan fingerprint density at radius 3 is 2.61 bits per heavy atom. The third-order valence-corrected chi connectivity index (χ3v) is 7.92. The second-order valence-corrected chi connectivity index (χ2v) is 10.2. The minimum absolute atomic E-state index is 0.0250. The fraction of sp³-hybridized carbons (Fsp3) is 0.429. The minimum Gasteiger partial charge on any atom is -0.367 e. The van der Waals surface area contributed by atoms with E-state index < -0.39 is 10.0 Å². The number of halogens is 1. The predicted molar refractivity (Wildman–Crippen MR) is 118 cm³/mol. The van der Waals surface area contributed by atoms with E-state index in [0.29, 0.717) is 38.1 Å². The van der Waals surface area contributed by atoms with Crippen molar-refractivity contribution >= 4 is 32.5 Å². The summed E-state index contributed by atoms with van der Waals surface area (Å²) < 4.78 is 41.7. The Morgan fingerprint density at radius 1 is 1.09 bits per heavy atom. The van der Waals surface area contributed by atoms with E-state index in [4.69, 9.17) is 0 Å². The van der Waals surface area contributed by atoms with Gasteiger partial charge in [0.2, 0.25) is 5.91 Å². The van der Waals surface area contributed by atoms with Gasteiger partial charge in [-0.2, -0.15) is 4.31 Å². The lowest BCUT2D eigenvalue weighted by molar-refractivity contribution is -0.135. The van der Waals surface area contributed by atoms with Crippen LogP contribution in [0.3, 0.4) is 0 Å².